The van der Waals surface area contributed by atoms with Crippen molar-refractivity contribution in [2.24, 2.45) is 0 Å². The molecule has 0 aromatic carbocycles. The monoisotopic (exact) mass is 144 g/mol. The Balaban J connectivity index is 2.67. The van der Waals surface area contributed by atoms with Gasteiger partial charge in [0.25, 0.3) is 0 Å². The molecular formula is C4H4N2O4. The normalized spacial score (nSPS) is 9.30. The van der Waals surface area contributed by atoms with Crippen molar-refractivity contribution < 1.29 is 19.2 Å². The summed E-state index contributed by atoms with van der Waals surface area (Å²) in [4.78, 5) is 13.3. The number of rotatable bonds is 1. The molecule has 0 fully saturated rings. The molecule has 0 atom stereocenters. The molecule has 1 aromatic heterocycles. The summed E-state index contributed by atoms with van der Waals surface area (Å²) in [5, 5.41) is 11.2. The van der Waals surface area contributed by atoms with E-state index in [0.717, 1.165) is 0 Å². The highest BCUT2D eigenvalue weighted by atomic mass is 16.7. The van der Waals surface area contributed by atoms with Crippen LogP contribution in [-0.2, 0) is 0 Å². The largest absolute Gasteiger partial charge is 0.513 e. The highest BCUT2D eigenvalue weighted by Crippen LogP contribution is 2.02. The van der Waals surface area contributed by atoms with Gasteiger partial charge in [0.1, 0.15) is 0 Å². The van der Waals surface area contributed by atoms with Crippen LogP contribution in [0.25, 0.3) is 0 Å². The van der Waals surface area contributed by atoms with Crippen molar-refractivity contribution in [2.75, 3.05) is 0 Å². The molecule has 0 saturated carbocycles. The minimum atomic E-state index is -1.46. The number of aromatic nitrogens is 2. The number of aryl methyl sites for hydroxylation is 1. The Kier molecular flexibility index (Phi) is 1.53. The van der Waals surface area contributed by atoms with Crippen molar-refractivity contribution in [3.63, 3.8) is 0 Å². The minimum absolute atomic E-state index is 0.260. The van der Waals surface area contributed by atoms with Crippen LogP contribution in [0.4, 0.5) is 4.79 Å². The van der Waals surface area contributed by atoms with Crippen molar-refractivity contribution in [3.05, 3.63) is 5.89 Å². The highest BCUT2D eigenvalue weighted by molar-refractivity contribution is 5.59. The van der Waals surface area contributed by atoms with Crippen LogP contribution in [-0.4, -0.2) is 21.4 Å². The van der Waals surface area contributed by atoms with Crippen LogP contribution in [0.5, 0.6) is 6.01 Å². The van der Waals surface area contributed by atoms with E-state index in [0.29, 0.717) is 0 Å². The van der Waals surface area contributed by atoms with Crippen LogP contribution in [0.2, 0.25) is 0 Å². The first kappa shape index (κ1) is 6.53. The van der Waals surface area contributed by atoms with Crippen LogP contribution in [0.15, 0.2) is 4.52 Å². The van der Waals surface area contributed by atoms with Crippen LogP contribution < -0.4 is 4.74 Å². The second kappa shape index (κ2) is 2.34. The van der Waals surface area contributed by atoms with Gasteiger partial charge in [0.2, 0.25) is 5.89 Å². The van der Waals surface area contributed by atoms with Gasteiger partial charge in [0, 0.05) is 6.92 Å². The molecule has 0 spiro atoms. The molecule has 0 saturated heterocycles. The molecule has 1 rings (SSSR count). The molecule has 0 amide bonds. The van der Waals surface area contributed by atoms with E-state index < -0.39 is 6.16 Å². The molecular weight excluding hydrogens is 140 g/mol. The summed E-state index contributed by atoms with van der Waals surface area (Å²) < 4.78 is 8.45. The first-order valence-corrected chi connectivity index (χ1v) is 2.39. The third-order valence-electron chi connectivity index (χ3n) is 0.688. The van der Waals surface area contributed by atoms with E-state index in [2.05, 4.69) is 19.4 Å². The summed E-state index contributed by atoms with van der Waals surface area (Å²) in [5.74, 6) is 0.260. The number of carbonyl (C=O) groups is 1. The van der Waals surface area contributed by atoms with Gasteiger partial charge in [-0.25, -0.2) is 4.79 Å². The van der Waals surface area contributed by atoms with Gasteiger partial charge in [-0.3, -0.25) is 0 Å². The van der Waals surface area contributed by atoms with Gasteiger partial charge in [0.15, 0.2) is 0 Å². The maximum Gasteiger partial charge on any atom is 0.513 e. The standard InChI is InChI=1S/C4H4N2O4/c1-2-5-3(6-10-2)9-4(7)8/h1H3,(H,7,8). The molecule has 0 aliphatic carbocycles. The molecule has 1 heterocycles. The summed E-state index contributed by atoms with van der Waals surface area (Å²) in [6.45, 7) is 1.53. The summed E-state index contributed by atoms with van der Waals surface area (Å²) in [7, 11) is 0. The third kappa shape index (κ3) is 1.44. The predicted molar refractivity (Wildman–Crippen MR) is 27.7 cm³/mol. The Labute approximate surface area is 55.4 Å². The van der Waals surface area contributed by atoms with Crippen LogP contribution in [0.3, 0.4) is 0 Å². The molecule has 10 heavy (non-hydrogen) atoms. The molecule has 6 heteroatoms. The summed E-state index contributed by atoms with van der Waals surface area (Å²) in [6, 6.07) is -0.287. The van der Waals surface area contributed by atoms with Crippen molar-refractivity contribution >= 4 is 6.16 Å². The zero-order valence-corrected chi connectivity index (χ0v) is 5.07. The van der Waals surface area contributed by atoms with Gasteiger partial charge in [-0.2, -0.15) is 4.98 Å². The van der Waals surface area contributed by atoms with E-state index in [1.165, 1.54) is 6.92 Å². The van der Waals surface area contributed by atoms with Gasteiger partial charge >= 0.3 is 12.2 Å². The Morgan fingerprint density at radius 3 is 2.90 bits per heavy atom. The van der Waals surface area contributed by atoms with Gasteiger partial charge in [-0.15, -0.1) is 0 Å². The maximum absolute atomic E-state index is 9.83. The molecule has 0 aliphatic rings. The third-order valence-corrected chi connectivity index (χ3v) is 0.688. The van der Waals surface area contributed by atoms with Crippen molar-refractivity contribution in [2.45, 2.75) is 6.92 Å². The number of hydrogen-bond donors (Lipinski definition) is 1. The van der Waals surface area contributed by atoms with E-state index in [1.54, 1.807) is 0 Å². The molecule has 1 aromatic rings. The topological polar surface area (TPSA) is 85.5 Å². The summed E-state index contributed by atoms with van der Waals surface area (Å²) in [6.07, 6.45) is -1.46. The highest BCUT2D eigenvalue weighted by Gasteiger charge is 2.06. The van der Waals surface area contributed by atoms with E-state index in [1.807, 2.05) is 0 Å². The zero-order chi connectivity index (χ0) is 7.56. The van der Waals surface area contributed by atoms with Crippen LogP contribution in [0, 0.1) is 6.92 Å². The molecule has 0 unspecified atom stereocenters. The lowest BCUT2D eigenvalue weighted by Gasteiger charge is -1.85. The van der Waals surface area contributed by atoms with Crippen molar-refractivity contribution in [1.29, 1.82) is 0 Å². The fourth-order valence-corrected chi connectivity index (χ4v) is 0.400. The molecule has 0 radical (unpaired) electrons. The van der Waals surface area contributed by atoms with E-state index >= 15 is 0 Å². The molecule has 0 aliphatic heterocycles. The smallest absolute Gasteiger partial charge is 0.449 e. The zero-order valence-electron chi connectivity index (χ0n) is 5.07. The van der Waals surface area contributed by atoms with Crippen molar-refractivity contribution in [1.82, 2.24) is 10.1 Å². The number of carboxylic acid groups (broad SMARTS) is 1. The van der Waals surface area contributed by atoms with E-state index in [9.17, 15) is 4.79 Å². The number of ether oxygens (including phenoxy) is 1. The van der Waals surface area contributed by atoms with Gasteiger partial charge in [-0.1, -0.05) is 0 Å². The lowest BCUT2D eigenvalue weighted by molar-refractivity contribution is 0.138. The molecule has 0 bridgehead atoms. The van der Waals surface area contributed by atoms with Gasteiger partial charge < -0.3 is 14.4 Å². The Morgan fingerprint density at radius 2 is 2.50 bits per heavy atom. The summed E-state index contributed by atoms with van der Waals surface area (Å²) >= 11 is 0. The summed E-state index contributed by atoms with van der Waals surface area (Å²) in [5.41, 5.74) is 0. The Hall–Kier alpha value is -1.59. The minimum Gasteiger partial charge on any atom is -0.449 e. The first-order chi connectivity index (χ1) is 4.68. The Morgan fingerprint density at radius 1 is 1.80 bits per heavy atom. The number of nitrogens with zero attached hydrogens (tertiary/aromatic N) is 2. The fraction of sp³-hybridized carbons (Fsp3) is 0.250. The van der Waals surface area contributed by atoms with Gasteiger partial charge in [-0.05, 0) is 5.16 Å². The van der Waals surface area contributed by atoms with E-state index in [-0.39, 0.29) is 11.9 Å². The first-order valence-electron chi connectivity index (χ1n) is 2.39. The fourth-order valence-electron chi connectivity index (χ4n) is 0.400. The Bertz CT molecular complexity index is 243. The predicted octanol–water partition coefficient (Wildman–Crippen LogP) is 0.435. The van der Waals surface area contributed by atoms with Crippen molar-refractivity contribution in [3.8, 4) is 6.01 Å². The van der Waals surface area contributed by atoms with Gasteiger partial charge in [0.05, 0.1) is 0 Å². The quantitative estimate of drug-likeness (QED) is 0.575. The van der Waals surface area contributed by atoms with Crippen LogP contribution in [0.1, 0.15) is 5.89 Å². The second-order valence-corrected chi connectivity index (χ2v) is 1.46. The van der Waals surface area contributed by atoms with E-state index in [4.69, 9.17) is 5.11 Å². The average molecular weight is 144 g/mol. The average Bonchev–Trinajstić information content (AvgIpc) is 2.13. The lowest BCUT2D eigenvalue weighted by Crippen LogP contribution is -2.03. The second-order valence-electron chi connectivity index (χ2n) is 1.46. The SMILES string of the molecule is Cc1nc(OC(=O)O)no1. The molecule has 6 nitrogen and oxygen atoms in total. The lowest BCUT2D eigenvalue weighted by atomic mass is 10.8. The molecule has 54 valence electrons. The maximum atomic E-state index is 9.83. The number of hydrogen-bond acceptors (Lipinski definition) is 5. The molecule has 1 N–H and O–H groups in total. The van der Waals surface area contributed by atoms with Crippen LogP contribution >= 0.6 is 0 Å².